The van der Waals surface area contributed by atoms with E-state index in [4.69, 9.17) is 45.6 Å². The van der Waals surface area contributed by atoms with Crippen LogP contribution in [0.25, 0.3) is 17.2 Å². The van der Waals surface area contributed by atoms with Crippen LogP contribution in [-0.4, -0.2) is 80.8 Å². The molecule has 1 N–H and O–H groups in total. The van der Waals surface area contributed by atoms with Gasteiger partial charge in [-0.1, -0.05) is 42.8 Å². The van der Waals surface area contributed by atoms with Gasteiger partial charge in [-0.15, -0.1) is 5.10 Å². The summed E-state index contributed by atoms with van der Waals surface area (Å²) in [6.45, 7) is 7.77. The van der Waals surface area contributed by atoms with Crippen molar-refractivity contribution in [1.29, 1.82) is 0 Å². The molecule has 0 bridgehead atoms. The van der Waals surface area contributed by atoms with Gasteiger partial charge in [-0.25, -0.2) is 4.98 Å². The van der Waals surface area contributed by atoms with Crippen LogP contribution in [0.1, 0.15) is 70.5 Å². The number of methoxy groups -OCH3 is 1. The highest BCUT2D eigenvalue weighted by Crippen LogP contribution is 2.38. The first-order valence-electron chi connectivity index (χ1n) is 21.5. The maximum Gasteiger partial charge on any atom is 0.416 e. The predicted molar refractivity (Wildman–Crippen MR) is 238 cm³/mol. The fourth-order valence-corrected chi connectivity index (χ4v) is 8.87. The summed E-state index contributed by atoms with van der Waals surface area (Å²) >= 11 is 6.22. The Morgan fingerprint density at radius 2 is 1.73 bits per heavy atom. The highest BCUT2D eigenvalue weighted by Gasteiger charge is 2.34. The molecule has 9 rings (SSSR count). The van der Waals surface area contributed by atoms with Crippen molar-refractivity contribution in [3.8, 4) is 22.9 Å². The van der Waals surface area contributed by atoms with Crippen LogP contribution < -0.4 is 25.2 Å². The third-order valence-corrected chi connectivity index (χ3v) is 12.5. The Balaban J connectivity index is 1.03. The maximum atomic E-state index is 14.7. The molecule has 6 heterocycles. The molecule has 3 aliphatic heterocycles. The molecule has 19 heteroatoms. The molecule has 1 saturated heterocycles. The number of ether oxygens (including phenoxy) is 4. The molecule has 0 unspecified atom stereocenters. The average Bonchev–Trinajstić information content (AvgIpc) is 3.90. The first-order chi connectivity index (χ1) is 31.6. The van der Waals surface area contributed by atoms with Gasteiger partial charge in [-0.3, -0.25) is 14.4 Å². The fourth-order valence-electron chi connectivity index (χ4n) is 8.65. The minimum atomic E-state index is -4.63. The number of carbonyl (C=O) groups excluding carboxylic acids is 2. The van der Waals surface area contributed by atoms with Crippen molar-refractivity contribution in [3.63, 3.8) is 0 Å². The van der Waals surface area contributed by atoms with E-state index >= 15 is 0 Å². The van der Waals surface area contributed by atoms with E-state index in [0.29, 0.717) is 49.0 Å². The third kappa shape index (κ3) is 8.67. The van der Waals surface area contributed by atoms with Crippen molar-refractivity contribution < 1.29 is 41.7 Å². The predicted octanol–water partition coefficient (Wildman–Crippen LogP) is 7.21. The van der Waals surface area contributed by atoms with Crippen LogP contribution in [0.3, 0.4) is 0 Å². The molecule has 344 valence electrons. The second kappa shape index (κ2) is 17.7. The molecule has 0 atom stereocenters. The third-order valence-electron chi connectivity index (χ3n) is 12.2. The molecule has 3 aliphatic rings. The van der Waals surface area contributed by atoms with E-state index in [-0.39, 0.29) is 78.8 Å². The van der Waals surface area contributed by atoms with Gasteiger partial charge < -0.3 is 38.6 Å². The van der Waals surface area contributed by atoms with E-state index in [9.17, 15) is 27.6 Å². The minimum Gasteiger partial charge on any atom is -0.497 e. The smallest absolute Gasteiger partial charge is 0.416 e. The van der Waals surface area contributed by atoms with E-state index in [1.165, 1.54) is 4.52 Å². The summed E-state index contributed by atoms with van der Waals surface area (Å²) in [7, 11) is 1.59. The lowest BCUT2D eigenvalue weighted by Gasteiger charge is -2.37. The molecule has 2 amide bonds. The second-order valence-electron chi connectivity index (χ2n) is 16.8. The number of fused-ring (bicyclic) bond motifs is 3. The van der Waals surface area contributed by atoms with Crippen LogP contribution in [-0.2, 0) is 65.3 Å². The Kier molecular flexibility index (Phi) is 12.0. The molecule has 1 fully saturated rings. The zero-order valence-electron chi connectivity index (χ0n) is 36.6. The van der Waals surface area contributed by atoms with Gasteiger partial charge in [-0.05, 0) is 79.4 Å². The zero-order valence-corrected chi connectivity index (χ0v) is 37.4. The normalized spacial score (nSPS) is 15.7. The lowest BCUT2D eigenvalue weighted by Crippen LogP contribution is -2.51. The van der Waals surface area contributed by atoms with Crippen LogP contribution in [0.5, 0.6) is 11.5 Å². The number of alkyl halides is 3. The van der Waals surface area contributed by atoms with Crippen molar-refractivity contribution >= 4 is 40.6 Å². The summed E-state index contributed by atoms with van der Waals surface area (Å²) in [4.78, 5) is 56.1. The molecule has 3 aromatic heterocycles. The minimum absolute atomic E-state index is 0.0210. The number of aromatic nitrogens is 5. The number of halogens is 4. The first kappa shape index (κ1) is 44.7. The molecule has 15 nitrogen and oxygen atoms in total. The zero-order chi connectivity index (χ0) is 46.5. The number of hydrogen-bond acceptors (Lipinski definition) is 11. The monoisotopic (exact) mass is 926 g/mol. The number of amides is 2. The van der Waals surface area contributed by atoms with Crippen LogP contribution >= 0.6 is 11.6 Å². The number of nitrogens with zero attached hydrogens (tertiary/aromatic N) is 7. The summed E-state index contributed by atoms with van der Waals surface area (Å²) in [6.07, 6.45) is -3.80. The van der Waals surface area contributed by atoms with E-state index in [2.05, 4.69) is 5.32 Å². The highest BCUT2D eigenvalue weighted by atomic mass is 35.5. The SMILES string of the molecule is CCc1c(N2CCN(C(=O)c3nc4c(cc3OCc3ccc(OC)cc3)COCC4)CC2)c(=O)n2nc(-c3ccc4c(c3)COC4(C)C)nc2n1CC(=O)Nc1ccc(C(F)(F)F)cc1Cl. The number of rotatable bonds is 11. The van der Waals surface area contributed by atoms with Crippen molar-refractivity contribution in [1.82, 2.24) is 29.0 Å². The average molecular weight is 927 g/mol. The van der Waals surface area contributed by atoms with E-state index in [0.717, 1.165) is 46.1 Å². The number of pyridine rings is 1. The number of hydrogen-bond donors (Lipinski definition) is 1. The van der Waals surface area contributed by atoms with Crippen molar-refractivity contribution in [3.05, 3.63) is 127 Å². The van der Waals surface area contributed by atoms with E-state index < -0.39 is 35.4 Å². The van der Waals surface area contributed by atoms with Gasteiger partial charge >= 0.3 is 6.18 Å². The van der Waals surface area contributed by atoms with Crippen LogP contribution in [0.2, 0.25) is 5.02 Å². The Morgan fingerprint density at radius 3 is 2.44 bits per heavy atom. The van der Waals surface area contributed by atoms with Crippen molar-refractivity contribution in [2.75, 3.05) is 50.1 Å². The summed E-state index contributed by atoms with van der Waals surface area (Å²) < 4.78 is 66.2. The first-order valence-corrected chi connectivity index (χ1v) is 21.9. The maximum absolute atomic E-state index is 14.7. The van der Waals surface area contributed by atoms with E-state index in [1.807, 2.05) is 74.2 Å². The van der Waals surface area contributed by atoms with Gasteiger partial charge in [0, 0.05) is 49.4 Å². The van der Waals surface area contributed by atoms with Gasteiger partial charge in [0.05, 0.1) is 54.5 Å². The Morgan fingerprint density at radius 1 is 0.955 bits per heavy atom. The van der Waals surface area contributed by atoms with Gasteiger partial charge in [0.15, 0.2) is 17.3 Å². The topological polar surface area (TPSA) is 155 Å². The van der Waals surface area contributed by atoms with Crippen molar-refractivity contribution in [2.45, 2.75) is 71.8 Å². The molecule has 6 aromatic rings. The highest BCUT2D eigenvalue weighted by molar-refractivity contribution is 6.33. The van der Waals surface area contributed by atoms with Gasteiger partial charge in [-0.2, -0.15) is 22.7 Å². The fraction of sp³-hybridized carbons (Fsp3) is 0.362. The molecule has 3 aromatic carbocycles. The van der Waals surface area contributed by atoms with Gasteiger partial charge in [0.25, 0.3) is 11.5 Å². The summed E-state index contributed by atoms with van der Waals surface area (Å²) in [6, 6.07) is 17.7. The number of nitrogens with one attached hydrogen (secondary N) is 1. The lowest BCUT2D eigenvalue weighted by atomic mass is 9.94. The van der Waals surface area contributed by atoms with Crippen LogP contribution in [0.15, 0.2) is 71.5 Å². The number of carbonyl (C=O) groups is 2. The standard InChI is InChI=1S/C47H46ClF3N8O7/c1-5-37-41(56-15-17-57(18-16-56)43(61)40-38(21-30-25-64-19-14-35(30)53-40)65-24-27-6-10-32(63-4)11-7-27)44(62)59-45(54-42(55-59)28-8-12-33-29(20-28)26-66-46(33,2)3)58(37)23-39(60)52-36-13-9-31(22-34(36)48)47(49,50)51/h6-13,20-22H,5,14-19,23-26H2,1-4H3,(H,52,60). The molecule has 0 spiro atoms. The summed E-state index contributed by atoms with van der Waals surface area (Å²) in [5.74, 6) is 0.416. The molecule has 66 heavy (non-hydrogen) atoms. The largest absolute Gasteiger partial charge is 0.497 e. The van der Waals surface area contributed by atoms with Crippen LogP contribution in [0.4, 0.5) is 24.5 Å². The van der Waals surface area contributed by atoms with Gasteiger partial charge in [0.2, 0.25) is 11.7 Å². The van der Waals surface area contributed by atoms with E-state index in [1.54, 1.807) is 16.6 Å². The number of benzene rings is 3. The Hall–Kier alpha value is -6.50. The molecular weight excluding hydrogens is 881 g/mol. The molecule has 0 radical (unpaired) electrons. The molecule has 0 aliphatic carbocycles. The van der Waals surface area contributed by atoms with Crippen molar-refractivity contribution in [2.24, 2.45) is 0 Å². The van der Waals surface area contributed by atoms with Crippen LogP contribution in [0, 0.1) is 0 Å². The van der Waals surface area contributed by atoms with Gasteiger partial charge in [0.1, 0.15) is 24.6 Å². The Bertz CT molecular complexity index is 2930. The number of piperazine rings is 1. The molecule has 0 saturated carbocycles. The number of anilines is 2. The second-order valence-corrected chi connectivity index (χ2v) is 17.2. The summed E-state index contributed by atoms with van der Waals surface area (Å²) in [5.41, 5.74) is 4.11. The Labute approximate surface area is 382 Å². The quantitative estimate of drug-likeness (QED) is 0.140. The summed E-state index contributed by atoms with van der Waals surface area (Å²) in [5, 5.41) is 7.02. The molecular formula is C47H46ClF3N8O7. The lowest BCUT2D eigenvalue weighted by molar-refractivity contribution is -0.137.